The highest BCUT2D eigenvalue weighted by Crippen LogP contribution is 2.21. The molecule has 0 atom stereocenters. The summed E-state index contributed by atoms with van der Waals surface area (Å²) in [6, 6.07) is 13.7. The Morgan fingerprint density at radius 2 is 2.04 bits per heavy atom. The number of esters is 1. The number of fused-ring (bicyclic) bond motifs is 1. The monoisotopic (exact) mass is 336 g/mol. The van der Waals surface area contributed by atoms with Crippen LogP contribution < -0.4 is 0 Å². The van der Waals surface area contributed by atoms with E-state index in [1.54, 1.807) is 31.2 Å². The first-order chi connectivity index (χ1) is 12.1. The number of carbonyl (C=O) groups is 1. The van der Waals surface area contributed by atoms with Crippen molar-refractivity contribution in [3.8, 4) is 0 Å². The molecule has 0 aliphatic carbocycles. The molecule has 0 saturated heterocycles. The summed E-state index contributed by atoms with van der Waals surface area (Å²) in [4.78, 5) is 22.6. The third-order valence-corrected chi connectivity index (χ3v) is 3.73. The molecule has 0 bridgehead atoms. The molecular formula is C19H16N2O4. The zero-order chi connectivity index (χ0) is 17.8. The van der Waals surface area contributed by atoms with Crippen LogP contribution in [0.15, 0.2) is 54.7 Å². The zero-order valence-electron chi connectivity index (χ0n) is 13.6. The molecule has 2 heterocycles. The van der Waals surface area contributed by atoms with Crippen LogP contribution in [-0.2, 0) is 4.74 Å². The van der Waals surface area contributed by atoms with Crippen molar-refractivity contribution in [3.63, 3.8) is 0 Å². The molecule has 3 aromatic rings. The van der Waals surface area contributed by atoms with Gasteiger partial charge >= 0.3 is 5.97 Å². The first-order valence-electron chi connectivity index (χ1n) is 7.80. The number of carbonyl (C=O) groups excluding carboxylic acids is 1. The molecule has 0 aliphatic rings. The maximum Gasteiger partial charge on any atom is 0.340 e. The molecule has 0 fully saturated rings. The highest BCUT2D eigenvalue weighted by atomic mass is 16.6. The van der Waals surface area contributed by atoms with Crippen LogP contribution in [0.4, 0.5) is 5.69 Å². The van der Waals surface area contributed by atoms with Gasteiger partial charge in [-0.15, -0.1) is 0 Å². The average molecular weight is 336 g/mol. The van der Waals surface area contributed by atoms with E-state index in [-0.39, 0.29) is 11.7 Å². The van der Waals surface area contributed by atoms with E-state index in [2.05, 4.69) is 0 Å². The molecule has 6 heteroatoms. The Labute approximate surface area is 144 Å². The quantitative estimate of drug-likeness (QED) is 0.398. The smallest absolute Gasteiger partial charge is 0.340 e. The van der Waals surface area contributed by atoms with Gasteiger partial charge in [-0.2, -0.15) is 0 Å². The predicted octanol–water partition coefficient (Wildman–Crippen LogP) is 4.19. The molecule has 0 amide bonds. The van der Waals surface area contributed by atoms with Crippen molar-refractivity contribution < 1.29 is 14.5 Å². The second kappa shape index (κ2) is 7.00. The standard InChI is InChI=1S/C19H16N2O4/c1-2-25-19(22)17-13-15(20-11-4-3-8-18(17)20)10-9-14-6-5-7-16(12-14)21(23)24/h3-13H,2H2,1H3/b10-9+. The van der Waals surface area contributed by atoms with Crippen molar-refractivity contribution >= 4 is 29.3 Å². The maximum absolute atomic E-state index is 12.1. The fourth-order valence-electron chi connectivity index (χ4n) is 2.60. The molecule has 0 aliphatic heterocycles. The van der Waals surface area contributed by atoms with E-state index in [0.717, 1.165) is 11.2 Å². The minimum absolute atomic E-state index is 0.0365. The first-order valence-corrected chi connectivity index (χ1v) is 7.80. The predicted molar refractivity (Wildman–Crippen MR) is 95.4 cm³/mol. The van der Waals surface area contributed by atoms with Crippen LogP contribution >= 0.6 is 0 Å². The number of nitro benzene ring substituents is 1. The van der Waals surface area contributed by atoms with Crippen LogP contribution in [0.1, 0.15) is 28.5 Å². The van der Waals surface area contributed by atoms with Gasteiger partial charge in [0.25, 0.3) is 5.69 Å². The molecule has 0 saturated carbocycles. The number of rotatable bonds is 5. The SMILES string of the molecule is CCOC(=O)c1cc(/C=C/c2cccc([N+](=O)[O-])c2)n2ccccc12. The summed E-state index contributed by atoms with van der Waals surface area (Å²) in [6.45, 7) is 2.07. The topological polar surface area (TPSA) is 73.8 Å². The van der Waals surface area contributed by atoms with Gasteiger partial charge in [-0.1, -0.05) is 24.3 Å². The molecule has 3 rings (SSSR count). The number of nitrogens with zero attached hydrogens (tertiary/aromatic N) is 2. The molecule has 0 spiro atoms. The molecule has 126 valence electrons. The number of pyridine rings is 1. The summed E-state index contributed by atoms with van der Waals surface area (Å²) in [7, 11) is 0. The van der Waals surface area contributed by atoms with Gasteiger partial charge in [0, 0.05) is 24.0 Å². The highest BCUT2D eigenvalue weighted by molar-refractivity contribution is 5.98. The lowest BCUT2D eigenvalue weighted by atomic mass is 10.2. The fourth-order valence-corrected chi connectivity index (χ4v) is 2.60. The molecule has 6 nitrogen and oxygen atoms in total. The molecule has 0 N–H and O–H groups in total. The molecular weight excluding hydrogens is 320 g/mol. The number of aromatic nitrogens is 1. The van der Waals surface area contributed by atoms with Crippen molar-refractivity contribution in [2.45, 2.75) is 6.92 Å². The van der Waals surface area contributed by atoms with Gasteiger partial charge in [-0.3, -0.25) is 10.1 Å². The summed E-state index contributed by atoms with van der Waals surface area (Å²) >= 11 is 0. The largest absolute Gasteiger partial charge is 0.462 e. The third kappa shape index (κ3) is 3.42. The Morgan fingerprint density at radius 3 is 2.80 bits per heavy atom. The molecule has 25 heavy (non-hydrogen) atoms. The summed E-state index contributed by atoms with van der Waals surface area (Å²) in [5.74, 6) is -0.374. The Morgan fingerprint density at radius 1 is 1.20 bits per heavy atom. The normalized spacial score (nSPS) is 11.1. The fraction of sp³-hybridized carbons (Fsp3) is 0.105. The minimum atomic E-state index is -0.428. The zero-order valence-corrected chi connectivity index (χ0v) is 13.6. The number of hydrogen-bond donors (Lipinski definition) is 0. The van der Waals surface area contributed by atoms with Gasteiger partial charge < -0.3 is 9.14 Å². The number of benzene rings is 1. The summed E-state index contributed by atoms with van der Waals surface area (Å²) in [6.07, 6.45) is 5.44. The van der Waals surface area contributed by atoms with Crippen LogP contribution in [0.2, 0.25) is 0 Å². The third-order valence-electron chi connectivity index (χ3n) is 3.73. The van der Waals surface area contributed by atoms with Crippen molar-refractivity contribution in [1.29, 1.82) is 0 Å². The lowest BCUT2D eigenvalue weighted by Crippen LogP contribution is -2.03. The Balaban J connectivity index is 2.00. The highest BCUT2D eigenvalue weighted by Gasteiger charge is 2.15. The van der Waals surface area contributed by atoms with Crippen molar-refractivity contribution in [1.82, 2.24) is 4.40 Å². The maximum atomic E-state index is 12.1. The van der Waals surface area contributed by atoms with E-state index in [4.69, 9.17) is 4.74 Å². The number of hydrogen-bond acceptors (Lipinski definition) is 4. The van der Waals surface area contributed by atoms with Crippen LogP contribution in [0.25, 0.3) is 17.7 Å². The van der Waals surface area contributed by atoms with Crippen LogP contribution in [0.5, 0.6) is 0 Å². The van der Waals surface area contributed by atoms with Crippen LogP contribution in [0, 0.1) is 10.1 Å². The van der Waals surface area contributed by atoms with Crippen molar-refractivity contribution in [3.05, 3.63) is 81.7 Å². The Kier molecular flexibility index (Phi) is 4.61. The summed E-state index contributed by atoms with van der Waals surface area (Å²) in [5, 5.41) is 10.9. The van der Waals surface area contributed by atoms with Gasteiger partial charge in [-0.25, -0.2) is 4.79 Å². The number of non-ortho nitro benzene ring substituents is 1. The van der Waals surface area contributed by atoms with Crippen molar-refractivity contribution in [2.24, 2.45) is 0 Å². The Hall–Kier alpha value is -3.41. The van der Waals surface area contributed by atoms with E-state index >= 15 is 0 Å². The number of ether oxygens (including phenoxy) is 1. The molecule has 0 radical (unpaired) electrons. The van der Waals surface area contributed by atoms with Gasteiger partial charge in [0.05, 0.1) is 22.6 Å². The summed E-state index contributed by atoms with van der Waals surface area (Å²) < 4.78 is 6.98. The van der Waals surface area contributed by atoms with Gasteiger partial charge in [0.15, 0.2) is 0 Å². The van der Waals surface area contributed by atoms with Gasteiger partial charge in [0.1, 0.15) is 0 Å². The summed E-state index contributed by atoms with van der Waals surface area (Å²) in [5.41, 5.74) is 2.76. The lowest BCUT2D eigenvalue weighted by molar-refractivity contribution is -0.384. The molecule has 1 aromatic carbocycles. The van der Waals surface area contributed by atoms with Crippen LogP contribution in [-0.4, -0.2) is 21.9 Å². The van der Waals surface area contributed by atoms with E-state index in [0.29, 0.717) is 17.7 Å². The van der Waals surface area contributed by atoms with Gasteiger partial charge in [-0.05, 0) is 36.8 Å². The van der Waals surface area contributed by atoms with E-state index in [1.807, 2.05) is 34.9 Å². The number of nitro groups is 1. The minimum Gasteiger partial charge on any atom is -0.462 e. The second-order valence-corrected chi connectivity index (χ2v) is 5.34. The van der Waals surface area contributed by atoms with Crippen LogP contribution in [0.3, 0.4) is 0 Å². The molecule has 2 aromatic heterocycles. The van der Waals surface area contributed by atoms with E-state index in [1.165, 1.54) is 12.1 Å². The van der Waals surface area contributed by atoms with Crippen molar-refractivity contribution in [2.75, 3.05) is 6.61 Å². The van der Waals surface area contributed by atoms with E-state index < -0.39 is 4.92 Å². The van der Waals surface area contributed by atoms with E-state index in [9.17, 15) is 14.9 Å². The average Bonchev–Trinajstić information content (AvgIpc) is 2.99. The lowest BCUT2D eigenvalue weighted by Gasteiger charge is -2.00. The first kappa shape index (κ1) is 16.4. The Bertz CT molecular complexity index is 972. The van der Waals surface area contributed by atoms with Gasteiger partial charge in [0.2, 0.25) is 0 Å². The second-order valence-electron chi connectivity index (χ2n) is 5.34. The molecule has 0 unspecified atom stereocenters.